The van der Waals surface area contributed by atoms with Crippen LogP contribution in [0.5, 0.6) is 5.75 Å². The number of carbonyl (C=O) groups excluding carboxylic acids is 2. The Morgan fingerprint density at radius 3 is 2.23 bits per heavy atom. The third kappa shape index (κ3) is 8.53. The van der Waals surface area contributed by atoms with Crippen molar-refractivity contribution in [3.8, 4) is 5.75 Å². The van der Waals surface area contributed by atoms with E-state index >= 15 is 0 Å². The molecule has 0 aliphatic heterocycles. The number of benzene rings is 2. The molecule has 0 unspecified atom stereocenters. The van der Waals surface area contributed by atoms with Gasteiger partial charge in [-0.2, -0.15) is 0 Å². The van der Waals surface area contributed by atoms with Crippen molar-refractivity contribution in [2.45, 2.75) is 20.3 Å². The predicted molar refractivity (Wildman–Crippen MR) is 119 cm³/mol. The van der Waals surface area contributed by atoms with E-state index in [-0.39, 0.29) is 18.4 Å². The number of anilines is 2. The van der Waals surface area contributed by atoms with Gasteiger partial charge in [0.05, 0.1) is 19.8 Å². The first-order valence-corrected chi connectivity index (χ1v) is 10.1. The Balaban J connectivity index is 1.74. The fourth-order valence-electron chi connectivity index (χ4n) is 2.54. The summed E-state index contributed by atoms with van der Waals surface area (Å²) in [6, 6.07) is 14.3. The lowest BCUT2D eigenvalue weighted by atomic mass is 10.1. The molecule has 0 saturated carbocycles. The zero-order valence-corrected chi connectivity index (χ0v) is 17.9. The first-order chi connectivity index (χ1) is 14.5. The number of hydrogen-bond donors (Lipinski definition) is 3. The van der Waals surface area contributed by atoms with E-state index < -0.39 is 0 Å². The minimum atomic E-state index is -0.162. The number of carbonyl (C=O) groups is 2. The fourth-order valence-corrected chi connectivity index (χ4v) is 2.54. The number of methoxy groups -OCH3 is 1. The van der Waals surface area contributed by atoms with Crippen molar-refractivity contribution >= 4 is 23.2 Å². The number of amides is 2. The number of hydrogen-bond acceptors (Lipinski definition) is 5. The van der Waals surface area contributed by atoms with Crippen molar-refractivity contribution in [2.24, 2.45) is 5.92 Å². The number of rotatable bonds is 12. The van der Waals surface area contributed by atoms with Crippen LogP contribution in [0.3, 0.4) is 0 Å². The average molecular weight is 414 g/mol. The molecule has 162 valence electrons. The highest BCUT2D eigenvalue weighted by Crippen LogP contribution is 2.16. The Kier molecular flexibility index (Phi) is 9.67. The van der Waals surface area contributed by atoms with E-state index in [1.54, 1.807) is 31.4 Å². The third-order valence-corrected chi connectivity index (χ3v) is 4.29. The molecule has 0 fully saturated rings. The summed E-state index contributed by atoms with van der Waals surface area (Å²) in [5.41, 5.74) is 2.02. The zero-order chi connectivity index (χ0) is 21.8. The molecule has 0 aliphatic rings. The first kappa shape index (κ1) is 23.2. The zero-order valence-electron chi connectivity index (χ0n) is 17.9. The van der Waals surface area contributed by atoms with E-state index in [2.05, 4.69) is 29.8 Å². The van der Waals surface area contributed by atoms with Crippen molar-refractivity contribution in [3.63, 3.8) is 0 Å². The normalized spacial score (nSPS) is 10.5. The lowest BCUT2D eigenvalue weighted by Gasteiger charge is -2.10. The van der Waals surface area contributed by atoms with Gasteiger partial charge in [0.15, 0.2) is 0 Å². The maximum atomic E-state index is 12.2. The van der Waals surface area contributed by atoms with Gasteiger partial charge in [0.25, 0.3) is 5.91 Å². The fraction of sp³-hybridized carbons (Fsp3) is 0.391. The molecule has 3 N–H and O–H groups in total. The molecule has 0 spiro atoms. The van der Waals surface area contributed by atoms with Gasteiger partial charge >= 0.3 is 0 Å². The molecular weight excluding hydrogens is 382 g/mol. The monoisotopic (exact) mass is 413 g/mol. The van der Waals surface area contributed by atoms with Gasteiger partial charge in [-0.15, -0.1) is 0 Å². The second-order valence-corrected chi connectivity index (χ2v) is 7.28. The molecule has 0 radical (unpaired) electrons. The molecule has 0 saturated heterocycles. The maximum absolute atomic E-state index is 12.2. The maximum Gasteiger partial charge on any atom is 0.251 e. The molecule has 0 bridgehead atoms. The van der Waals surface area contributed by atoms with Gasteiger partial charge in [0.1, 0.15) is 5.75 Å². The molecular formula is C23H31N3O4. The molecule has 0 aromatic heterocycles. The summed E-state index contributed by atoms with van der Waals surface area (Å²) < 4.78 is 10.6. The summed E-state index contributed by atoms with van der Waals surface area (Å²) in [6.07, 6.45) is 1.00. The van der Waals surface area contributed by atoms with Gasteiger partial charge in [-0.05, 0) is 60.9 Å². The Morgan fingerprint density at radius 1 is 0.933 bits per heavy atom. The van der Waals surface area contributed by atoms with Crippen LogP contribution in [0.2, 0.25) is 0 Å². The van der Waals surface area contributed by atoms with Crippen LogP contribution >= 0.6 is 0 Å². The quantitative estimate of drug-likeness (QED) is 0.463. The molecule has 0 aliphatic carbocycles. The molecule has 0 atom stereocenters. The molecule has 0 heterocycles. The lowest BCUT2D eigenvalue weighted by molar-refractivity contribution is -0.114. The molecule has 2 amide bonds. The topological polar surface area (TPSA) is 88.7 Å². The van der Waals surface area contributed by atoms with E-state index in [0.29, 0.717) is 36.9 Å². The largest absolute Gasteiger partial charge is 0.494 e. The summed E-state index contributed by atoms with van der Waals surface area (Å²) in [5, 5.41) is 8.64. The Bertz CT molecular complexity index is 789. The molecule has 2 rings (SSSR count). The van der Waals surface area contributed by atoms with Crippen molar-refractivity contribution in [1.82, 2.24) is 5.32 Å². The molecule has 30 heavy (non-hydrogen) atoms. The highest BCUT2D eigenvalue weighted by molar-refractivity contribution is 5.95. The van der Waals surface area contributed by atoms with Gasteiger partial charge in [-0.3, -0.25) is 9.59 Å². The summed E-state index contributed by atoms with van der Waals surface area (Å²) >= 11 is 0. The van der Waals surface area contributed by atoms with E-state index in [1.807, 2.05) is 24.3 Å². The van der Waals surface area contributed by atoms with E-state index in [9.17, 15) is 9.59 Å². The minimum absolute atomic E-state index is 0.117. The Hall–Kier alpha value is -3.06. The summed E-state index contributed by atoms with van der Waals surface area (Å²) in [4.78, 5) is 24.1. The molecule has 2 aromatic carbocycles. The minimum Gasteiger partial charge on any atom is -0.494 e. The highest BCUT2D eigenvalue weighted by atomic mass is 16.5. The van der Waals surface area contributed by atoms with Gasteiger partial charge in [0, 0.05) is 30.6 Å². The van der Waals surface area contributed by atoms with E-state index in [4.69, 9.17) is 9.47 Å². The van der Waals surface area contributed by atoms with Crippen molar-refractivity contribution < 1.29 is 19.1 Å². The van der Waals surface area contributed by atoms with Crippen LogP contribution < -0.4 is 20.7 Å². The van der Waals surface area contributed by atoms with Crippen molar-refractivity contribution in [2.75, 3.05) is 44.0 Å². The molecule has 7 heteroatoms. The highest BCUT2D eigenvalue weighted by Gasteiger charge is 2.06. The van der Waals surface area contributed by atoms with Crippen LogP contribution in [-0.2, 0) is 9.53 Å². The number of nitrogens with one attached hydrogen (secondary N) is 3. The van der Waals surface area contributed by atoms with Gasteiger partial charge in [-0.25, -0.2) is 0 Å². The van der Waals surface area contributed by atoms with Crippen molar-refractivity contribution in [3.05, 3.63) is 54.1 Å². The van der Waals surface area contributed by atoms with Crippen molar-refractivity contribution in [1.29, 1.82) is 0 Å². The summed E-state index contributed by atoms with van der Waals surface area (Å²) in [6.45, 7) is 6.04. The van der Waals surface area contributed by atoms with Gasteiger partial charge in [-0.1, -0.05) is 13.8 Å². The average Bonchev–Trinajstić information content (AvgIpc) is 2.74. The Morgan fingerprint density at radius 2 is 1.60 bits per heavy atom. The second kappa shape index (κ2) is 12.5. The van der Waals surface area contributed by atoms with Crippen LogP contribution in [-0.4, -0.2) is 45.2 Å². The van der Waals surface area contributed by atoms with Crippen LogP contribution in [0, 0.1) is 5.92 Å². The predicted octanol–water partition coefficient (Wildman–Crippen LogP) is 3.54. The second-order valence-electron chi connectivity index (χ2n) is 7.28. The van der Waals surface area contributed by atoms with Gasteiger partial charge in [0.2, 0.25) is 5.91 Å². The van der Waals surface area contributed by atoms with Crippen LogP contribution in [0.4, 0.5) is 11.4 Å². The summed E-state index contributed by atoms with van der Waals surface area (Å²) in [5.74, 6) is 1.07. The Labute approximate surface area is 178 Å². The lowest BCUT2D eigenvalue weighted by Crippen LogP contribution is -2.26. The number of ether oxygens (including phenoxy) is 2. The van der Waals surface area contributed by atoms with Gasteiger partial charge < -0.3 is 25.4 Å². The van der Waals surface area contributed by atoms with Crippen LogP contribution in [0.25, 0.3) is 0 Å². The SMILES string of the molecule is COCCNC(=O)c1ccc(NCC(=O)Nc2ccc(OCCC(C)C)cc2)cc1. The molecule has 2 aromatic rings. The van der Waals surface area contributed by atoms with Crippen LogP contribution in [0.15, 0.2) is 48.5 Å². The molecule has 7 nitrogen and oxygen atoms in total. The van der Waals surface area contributed by atoms with Crippen LogP contribution in [0.1, 0.15) is 30.6 Å². The smallest absolute Gasteiger partial charge is 0.251 e. The standard InChI is InChI=1S/C23H31N3O4/c1-17(2)12-14-30-21-10-8-20(9-11-21)26-22(27)16-25-19-6-4-18(5-7-19)23(28)24-13-15-29-3/h4-11,17,25H,12-16H2,1-3H3,(H,24,28)(H,26,27). The first-order valence-electron chi connectivity index (χ1n) is 10.1. The van der Waals surface area contributed by atoms with E-state index in [1.165, 1.54) is 0 Å². The van der Waals surface area contributed by atoms with E-state index in [0.717, 1.165) is 17.9 Å². The third-order valence-electron chi connectivity index (χ3n) is 4.29. The summed E-state index contributed by atoms with van der Waals surface area (Å²) in [7, 11) is 1.58.